The summed E-state index contributed by atoms with van der Waals surface area (Å²) in [5.41, 5.74) is 0.867. The molecular weight excluding hydrogens is 369 g/mol. The Balaban J connectivity index is 2.28. The first-order chi connectivity index (χ1) is 13.4. The highest BCUT2D eigenvalue weighted by Crippen LogP contribution is 2.37. The van der Waals surface area contributed by atoms with Crippen molar-refractivity contribution >= 4 is 28.2 Å². The third-order valence-electron chi connectivity index (χ3n) is 4.32. The van der Waals surface area contributed by atoms with Gasteiger partial charge in [-0.3, -0.25) is 4.98 Å². The zero-order valence-electron chi connectivity index (χ0n) is 15.5. The maximum Gasteiger partial charge on any atom is 0.416 e. The number of hydrogen-bond donors (Lipinski definition) is 0. The normalized spacial score (nSPS) is 11.5. The minimum Gasteiger partial charge on any atom is -0.462 e. The Bertz CT molecular complexity index is 988. The average Bonchev–Trinajstić information content (AvgIpc) is 2.68. The van der Waals surface area contributed by atoms with Gasteiger partial charge in [0.25, 0.3) is 0 Å². The molecule has 1 aromatic heterocycles. The van der Waals surface area contributed by atoms with E-state index in [1.54, 1.807) is 6.92 Å². The molecule has 0 atom stereocenters. The van der Waals surface area contributed by atoms with Crippen molar-refractivity contribution in [3.05, 3.63) is 65.9 Å². The van der Waals surface area contributed by atoms with Crippen molar-refractivity contribution in [1.82, 2.24) is 4.98 Å². The molecule has 0 amide bonds. The van der Waals surface area contributed by atoms with Crippen LogP contribution in [0.2, 0.25) is 0 Å². The van der Waals surface area contributed by atoms with E-state index >= 15 is 0 Å². The Labute approximate surface area is 160 Å². The number of carbonyl (C=O) groups excluding carboxylic acids is 1. The first-order valence-electron chi connectivity index (χ1n) is 8.86. The van der Waals surface area contributed by atoms with Crippen molar-refractivity contribution in [2.24, 2.45) is 0 Å². The van der Waals surface area contributed by atoms with Crippen molar-refractivity contribution in [3.8, 4) is 0 Å². The van der Waals surface area contributed by atoms with Gasteiger partial charge in [0, 0.05) is 23.8 Å². The van der Waals surface area contributed by atoms with Crippen molar-refractivity contribution in [3.63, 3.8) is 0 Å². The van der Waals surface area contributed by atoms with Crippen LogP contribution in [0.4, 0.5) is 24.5 Å². The van der Waals surface area contributed by atoms with Crippen LogP contribution < -0.4 is 4.90 Å². The minimum absolute atomic E-state index is 0.159. The van der Waals surface area contributed by atoms with Gasteiger partial charge in [0.05, 0.1) is 23.4 Å². The smallest absolute Gasteiger partial charge is 0.416 e. The van der Waals surface area contributed by atoms with Gasteiger partial charge in [-0.15, -0.1) is 0 Å². The summed E-state index contributed by atoms with van der Waals surface area (Å²) in [5, 5.41) is 0.448. The second-order valence-corrected chi connectivity index (χ2v) is 6.05. The van der Waals surface area contributed by atoms with E-state index in [9.17, 15) is 18.0 Å². The Morgan fingerprint density at radius 3 is 2.43 bits per heavy atom. The topological polar surface area (TPSA) is 42.4 Å². The van der Waals surface area contributed by atoms with Crippen molar-refractivity contribution < 1.29 is 22.7 Å². The lowest BCUT2D eigenvalue weighted by Crippen LogP contribution is -2.21. The van der Waals surface area contributed by atoms with Gasteiger partial charge in [-0.05, 0) is 38.1 Å². The Kier molecular flexibility index (Phi) is 5.53. The number of esters is 1. The number of nitrogens with zero attached hydrogens (tertiary/aromatic N) is 2. The number of anilines is 2. The van der Waals surface area contributed by atoms with E-state index < -0.39 is 17.7 Å². The van der Waals surface area contributed by atoms with Gasteiger partial charge in [-0.25, -0.2) is 4.79 Å². The van der Waals surface area contributed by atoms with Crippen LogP contribution in [0.25, 0.3) is 10.9 Å². The first kappa shape index (κ1) is 19.7. The van der Waals surface area contributed by atoms with E-state index in [0.29, 0.717) is 17.6 Å². The van der Waals surface area contributed by atoms with E-state index in [2.05, 4.69) is 4.98 Å². The summed E-state index contributed by atoms with van der Waals surface area (Å²) in [6.07, 6.45) is -3.19. The van der Waals surface area contributed by atoms with Gasteiger partial charge < -0.3 is 9.64 Å². The van der Waals surface area contributed by atoms with Crippen LogP contribution in [0.1, 0.15) is 29.8 Å². The van der Waals surface area contributed by atoms with E-state index in [0.717, 1.165) is 17.8 Å². The molecule has 28 heavy (non-hydrogen) atoms. The zero-order valence-corrected chi connectivity index (χ0v) is 15.5. The number of carbonyl (C=O) groups is 1. The van der Waals surface area contributed by atoms with Crippen LogP contribution in [-0.4, -0.2) is 24.1 Å². The lowest BCUT2D eigenvalue weighted by atomic mass is 10.0. The van der Waals surface area contributed by atoms with Crippen LogP contribution in [0.3, 0.4) is 0 Å². The molecule has 0 saturated carbocycles. The van der Waals surface area contributed by atoms with Crippen molar-refractivity contribution in [1.29, 1.82) is 0 Å². The number of pyridine rings is 1. The summed E-state index contributed by atoms with van der Waals surface area (Å²) in [6, 6.07) is 12.7. The van der Waals surface area contributed by atoms with Gasteiger partial charge >= 0.3 is 12.1 Å². The standard InChI is InChI=1S/C21H19F3N2O2/c1-3-26(15-8-6-5-7-9-15)19-16-11-10-14(21(22,23)24)12-18(16)25-13-17(19)20(27)28-4-2/h5-13H,3-4H2,1-2H3. The molecule has 1 heterocycles. The number of benzene rings is 2. The third-order valence-corrected chi connectivity index (χ3v) is 4.32. The maximum atomic E-state index is 13.1. The highest BCUT2D eigenvalue weighted by Gasteiger charge is 2.31. The van der Waals surface area contributed by atoms with Crippen molar-refractivity contribution in [2.45, 2.75) is 20.0 Å². The molecule has 0 fully saturated rings. The number of rotatable bonds is 5. The largest absolute Gasteiger partial charge is 0.462 e. The van der Waals surface area contributed by atoms with Crippen LogP contribution in [0, 0.1) is 0 Å². The summed E-state index contributed by atoms with van der Waals surface area (Å²) < 4.78 is 44.4. The molecule has 3 aromatic rings. The summed E-state index contributed by atoms with van der Waals surface area (Å²) >= 11 is 0. The van der Waals surface area contributed by atoms with E-state index in [-0.39, 0.29) is 17.7 Å². The predicted molar refractivity (Wildman–Crippen MR) is 102 cm³/mol. The molecule has 0 aliphatic carbocycles. The number of fused-ring (bicyclic) bond motifs is 1. The minimum atomic E-state index is -4.47. The zero-order chi connectivity index (χ0) is 20.3. The summed E-state index contributed by atoms with van der Waals surface area (Å²) in [5.74, 6) is -0.568. The number of alkyl halides is 3. The van der Waals surface area contributed by atoms with Crippen LogP contribution in [-0.2, 0) is 10.9 Å². The highest BCUT2D eigenvalue weighted by atomic mass is 19.4. The number of para-hydroxylation sites is 1. The molecule has 0 spiro atoms. The van der Waals surface area contributed by atoms with Gasteiger partial charge in [-0.1, -0.05) is 24.3 Å². The van der Waals surface area contributed by atoms with E-state index in [1.807, 2.05) is 42.2 Å². The summed E-state index contributed by atoms with van der Waals surface area (Å²) in [6.45, 7) is 4.27. The quantitative estimate of drug-likeness (QED) is 0.535. The maximum absolute atomic E-state index is 13.1. The molecule has 0 radical (unpaired) electrons. The number of ether oxygens (including phenoxy) is 1. The lowest BCUT2D eigenvalue weighted by molar-refractivity contribution is -0.137. The summed E-state index contributed by atoms with van der Waals surface area (Å²) in [7, 11) is 0. The van der Waals surface area contributed by atoms with Gasteiger partial charge in [-0.2, -0.15) is 13.2 Å². The molecule has 3 rings (SSSR count). The fraction of sp³-hybridized carbons (Fsp3) is 0.238. The molecule has 2 aromatic carbocycles. The van der Waals surface area contributed by atoms with Gasteiger partial charge in [0.2, 0.25) is 0 Å². The van der Waals surface area contributed by atoms with E-state index in [1.165, 1.54) is 12.3 Å². The molecule has 0 unspecified atom stereocenters. The second-order valence-electron chi connectivity index (χ2n) is 6.05. The monoisotopic (exact) mass is 388 g/mol. The average molecular weight is 388 g/mol. The van der Waals surface area contributed by atoms with Gasteiger partial charge in [0.15, 0.2) is 0 Å². The van der Waals surface area contributed by atoms with Crippen LogP contribution >= 0.6 is 0 Å². The Hall–Kier alpha value is -3.09. The predicted octanol–water partition coefficient (Wildman–Crippen LogP) is 5.59. The SMILES string of the molecule is CCOC(=O)c1cnc2cc(C(F)(F)F)ccc2c1N(CC)c1ccccc1. The molecule has 0 saturated heterocycles. The lowest BCUT2D eigenvalue weighted by Gasteiger charge is -2.27. The molecule has 0 aliphatic rings. The Morgan fingerprint density at radius 2 is 1.82 bits per heavy atom. The molecule has 0 aliphatic heterocycles. The number of aromatic nitrogens is 1. The molecular formula is C21H19F3N2O2. The molecule has 4 nitrogen and oxygen atoms in total. The first-order valence-corrected chi connectivity index (χ1v) is 8.86. The molecule has 146 valence electrons. The van der Waals surface area contributed by atoms with E-state index in [4.69, 9.17) is 4.74 Å². The molecule has 0 bridgehead atoms. The molecule has 0 N–H and O–H groups in total. The second kappa shape index (κ2) is 7.88. The third kappa shape index (κ3) is 3.78. The number of hydrogen-bond acceptors (Lipinski definition) is 4. The van der Waals surface area contributed by atoms with Crippen LogP contribution in [0.5, 0.6) is 0 Å². The van der Waals surface area contributed by atoms with Gasteiger partial charge in [0.1, 0.15) is 5.56 Å². The fourth-order valence-corrected chi connectivity index (χ4v) is 3.08. The Morgan fingerprint density at radius 1 is 1.11 bits per heavy atom. The summed E-state index contributed by atoms with van der Waals surface area (Å²) in [4.78, 5) is 18.5. The fourth-order valence-electron chi connectivity index (χ4n) is 3.08. The highest BCUT2D eigenvalue weighted by molar-refractivity contribution is 6.06. The molecule has 7 heteroatoms. The van der Waals surface area contributed by atoms with Crippen molar-refractivity contribution in [2.75, 3.05) is 18.1 Å². The number of halogens is 3. The van der Waals surface area contributed by atoms with Crippen LogP contribution in [0.15, 0.2) is 54.7 Å².